The zero-order valence-corrected chi connectivity index (χ0v) is 8.34. The number of aliphatic hydroxyl groups excluding tert-OH is 1. The summed E-state index contributed by atoms with van der Waals surface area (Å²) >= 11 is 0. The second-order valence-electron chi connectivity index (χ2n) is 2.95. The van der Waals surface area contributed by atoms with Gasteiger partial charge >= 0.3 is 6.18 Å². The quantitative estimate of drug-likeness (QED) is 0.547. The average Bonchev–Trinajstić information content (AvgIpc) is 2.16. The molecule has 0 saturated heterocycles. The van der Waals surface area contributed by atoms with Crippen molar-refractivity contribution in [3.8, 4) is 6.07 Å². The molecule has 1 unspecified atom stereocenters. The molecule has 5 nitrogen and oxygen atoms in total. The smallest absolute Gasteiger partial charge is 0.382 e. The van der Waals surface area contributed by atoms with Gasteiger partial charge in [0.25, 0.3) is 0 Å². The second kappa shape index (κ2) is 7.03. The molecule has 92 valence electrons. The first-order valence-corrected chi connectivity index (χ1v) is 4.47. The molecule has 0 rings (SSSR count). The second-order valence-corrected chi connectivity index (χ2v) is 2.95. The zero-order valence-electron chi connectivity index (χ0n) is 8.34. The third-order valence-electron chi connectivity index (χ3n) is 1.56. The van der Waals surface area contributed by atoms with Crippen LogP contribution in [0.4, 0.5) is 13.2 Å². The Bertz CT molecular complexity index is 262. The number of nitrogens with zero attached hydrogens (tertiary/aromatic N) is 1. The molecule has 0 aliphatic rings. The summed E-state index contributed by atoms with van der Waals surface area (Å²) in [6.07, 6.45) is -7.04. The third kappa shape index (κ3) is 7.03. The first-order valence-electron chi connectivity index (χ1n) is 4.47. The number of nitriles is 1. The van der Waals surface area contributed by atoms with Gasteiger partial charge in [-0.2, -0.15) is 18.4 Å². The van der Waals surface area contributed by atoms with Crippen molar-refractivity contribution in [1.29, 1.82) is 5.26 Å². The van der Waals surface area contributed by atoms with Crippen molar-refractivity contribution >= 4 is 5.91 Å². The minimum absolute atomic E-state index is 0.136. The summed E-state index contributed by atoms with van der Waals surface area (Å²) in [6, 6.07) is 1.79. The van der Waals surface area contributed by atoms with Gasteiger partial charge in [-0.1, -0.05) is 0 Å². The summed E-state index contributed by atoms with van der Waals surface area (Å²) < 4.78 is 35.4. The normalized spacial score (nSPS) is 12.9. The summed E-state index contributed by atoms with van der Waals surface area (Å²) in [7, 11) is 0. The number of aliphatic hydroxyl groups is 1. The van der Waals surface area contributed by atoms with Crippen LogP contribution in [0.5, 0.6) is 0 Å². The van der Waals surface area contributed by atoms with E-state index in [4.69, 9.17) is 10.4 Å². The number of carbonyl (C=O) groups excluding carboxylic acids is 1. The molecule has 0 spiro atoms. The molecular weight excluding hydrogens is 227 g/mol. The predicted octanol–water partition coefficient (Wildman–Crippen LogP) is -0.471. The molecule has 0 fully saturated rings. The van der Waals surface area contributed by atoms with Crippen LogP contribution in [-0.2, 0) is 4.79 Å². The molecule has 16 heavy (non-hydrogen) atoms. The SMILES string of the molecule is N#CCCNC(=O)CNCC(O)C(F)(F)F. The minimum Gasteiger partial charge on any atom is -0.382 e. The topological polar surface area (TPSA) is 85.2 Å². The van der Waals surface area contributed by atoms with Crippen molar-refractivity contribution in [3.63, 3.8) is 0 Å². The highest BCUT2D eigenvalue weighted by molar-refractivity contribution is 5.77. The third-order valence-corrected chi connectivity index (χ3v) is 1.56. The van der Waals surface area contributed by atoms with Crippen LogP contribution in [0.3, 0.4) is 0 Å². The van der Waals surface area contributed by atoms with Crippen LogP contribution in [0, 0.1) is 11.3 Å². The van der Waals surface area contributed by atoms with E-state index in [0.29, 0.717) is 0 Å². The van der Waals surface area contributed by atoms with E-state index in [9.17, 15) is 18.0 Å². The molecule has 1 atom stereocenters. The van der Waals surface area contributed by atoms with Crippen LogP contribution in [0.25, 0.3) is 0 Å². The van der Waals surface area contributed by atoms with Crippen LogP contribution in [0.15, 0.2) is 0 Å². The molecule has 0 aromatic rings. The molecule has 0 aromatic carbocycles. The lowest BCUT2D eigenvalue weighted by molar-refractivity contribution is -0.201. The number of rotatable bonds is 6. The number of halogens is 3. The van der Waals surface area contributed by atoms with Crippen molar-refractivity contribution in [2.24, 2.45) is 0 Å². The lowest BCUT2D eigenvalue weighted by Gasteiger charge is -2.14. The Labute approximate surface area is 90.2 Å². The van der Waals surface area contributed by atoms with Gasteiger partial charge in [0.05, 0.1) is 19.0 Å². The Kier molecular flexibility index (Phi) is 6.44. The minimum atomic E-state index is -4.69. The fourth-order valence-electron chi connectivity index (χ4n) is 0.758. The zero-order chi connectivity index (χ0) is 12.6. The summed E-state index contributed by atoms with van der Waals surface area (Å²) in [6.45, 7) is -0.924. The Morgan fingerprint density at radius 1 is 1.50 bits per heavy atom. The number of carbonyl (C=O) groups is 1. The van der Waals surface area contributed by atoms with Crippen molar-refractivity contribution in [1.82, 2.24) is 10.6 Å². The number of hydrogen-bond donors (Lipinski definition) is 3. The van der Waals surface area contributed by atoms with Crippen LogP contribution in [0.1, 0.15) is 6.42 Å². The van der Waals surface area contributed by atoms with E-state index in [0.717, 1.165) is 0 Å². The maximum atomic E-state index is 11.8. The van der Waals surface area contributed by atoms with Crippen LogP contribution < -0.4 is 10.6 Å². The summed E-state index contributed by atoms with van der Waals surface area (Å²) in [4.78, 5) is 10.9. The van der Waals surface area contributed by atoms with Crippen molar-refractivity contribution < 1.29 is 23.1 Å². The van der Waals surface area contributed by atoms with Crippen molar-refractivity contribution in [3.05, 3.63) is 0 Å². The highest BCUT2D eigenvalue weighted by atomic mass is 19.4. The Balaban J connectivity index is 3.59. The van der Waals surface area contributed by atoms with Gasteiger partial charge < -0.3 is 15.7 Å². The number of alkyl halides is 3. The van der Waals surface area contributed by atoms with E-state index in [2.05, 4.69) is 10.6 Å². The first-order chi connectivity index (χ1) is 7.38. The number of nitrogens with one attached hydrogen (secondary N) is 2. The molecule has 0 aromatic heterocycles. The largest absolute Gasteiger partial charge is 0.415 e. The highest BCUT2D eigenvalue weighted by Crippen LogP contribution is 2.18. The van der Waals surface area contributed by atoms with E-state index in [-0.39, 0.29) is 19.5 Å². The fourth-order valence-corrected chi connectivity index (χ4v) is 0.758. The van der Waals surface area contributed by atoms with E-state index >= 15 is 0 Å². The lowest BCUT2D eigenvalue weighted by Crippen LogP contribution is -2.42. The standard InChI is InChI=1S/C8H12F3N3O2/c9-8(10,11)6(15)4-13-5-7(16)14-3-1-2-12/h6,13,15H,1,3-5H2,(H,14,16). The lowest BCUT2D eigenvalue weighted by atomic mass is 10.3. The molecule has 8 heteroatoms. The van der Waals surface area contributed by atoms with Crippen LogP contribution in [-0.4, -0.2) is 42.9 Å². The number of hydrogen-bond acceptors (Lipinski definition) is 4. The molecule has 0 aliphatic heterocycles. The van der Waals surface area contributed by atoms with E-state index in [1.165, 1.54) is 0 Å². The summed E-state index contributed by atoms with van der Waals surface area (Å²) in [5, 5.41) is 21.2. The molecule has 3 N–H and O–H groups in total. The van der Waals surface area contributed by atoms with Gasteiger partial charge in [0, 0.05) is 13.1 Å². The van der Waals surface area contributed by atoms with E-state index in [1.807, 2.05) is 0 Å². The van der Waals surface area contributed by atoms with Gasteiger partial charge in [-0.15, -0.1) is 0 Å². The van der Waals surface area contributed by atoms with Gasteiger partial charge in [0.1, 0.15) is 0 Å². The molecule has 0 aliphatic carbocycles. The van der Waals surface area contributed by atoms with Crippen molar-refractivity contribution in [2.45, 2.75) is 18.7 Å². The molecule has 0 radical (unpaired) electrons. The van der Waals surface area contributed by atoms with Crippen LogP contribution in [0.2, 0.25) is 0 Å². The Morgan fingerprint density at radius 2 is 2.12 bits per heavy atom. The van der Waals surface area contributed by atoms with Crippen LogP contribution >= 0.6 is 0 Å². The van der Waals surface area contributed by atoms with E-state index < -0.39 is 24.7 Å². The number of amides is 1. The highest BCUT2D eigenvalue weighted by Gasteiger charge is 2.37. The molecule has 1 amide bonds. The monoisotopic (exact) mass is 239 g/mol. The maximum absolute atomic E-state index is 11.8. The van der Waals surface area contributed by atoms with Gasteiger partial charge in [-0.05, 0) is 0 Å². The fraction of sp³-hybridized carbons (Fsp3) is 0.750. The Hall–Kier alpha value is -1.33. The van der Waals surface area contributed by atoms with Gasteiger partial charge in [0.2, 0.25) is 5.91 Å². The average molecular weight is 239 g/mol. The molecule has 0 saturated carbocycles. The van der Waals surface area contributed by atoms with Gasteiger partial charge in [-0.25, -0.2) is 0 Å². The summed E-state index contributed by atoms with van der Waals surface area (Å²) in [5.74, 6) is -0.523. The molecule has 0 heterocycles. The van der Waals surface area contributed by atoms with E-state index in [1.54, 1.807) is 6.07 Å². The molecular formula is C8H12F3N3O2. The first kappa shape index (κ1) is 14.7. The molecule has 0 bridgehead atoms. The Morgan fingerprint density at radius 3 is 2.62 bits per heavy atom. The summed E-state index contributed by atoms with van der Waals surface area (Å²) in [5.41, 5.74) is 0. The van der Waals surface area contributed by atoms with Gasteiger partial charge in [-0.3, -0.25) is 4.79 Å². The van der Waals surface area contributed by atoms with Crippen molar-refractivity contribution in [2.75, 3.05) is 19.6 Å². The maximum Gasteiger partial charge on any atom is 0.415 e. The van der Waals surface area contributed by atoms with Gasteiger partial charge in [0.15, 0.2) is 6.10 Å². The predicted molar refractivity (Wildman–Crippen MR) is 48.2 cm³/mol.